The standard InChI is InChI=1S/C16H22N2O2/c1-12-3-2-9-18(12)15-8-10-17(11-15)14-6-4-13(5-7-14)16(19)20/h4-7,12,15H,2-3,8-11H2,1H3,(H,19,20). The molecule has 4 heteroatoms. The lowest BCUT2D eigenvalue weighted by atomic mass is 10.2. The summed E-state index contributed by atoms with van der Waals surface area (Å²) in [7, 11) is 0. The van der Waals surface area contributed by atoms with Crippen LogP contribution in [0.25, 0.3) is 0 Å². The highest BCUT2D eigenvalue weighted by Gasteiger charge is 2.32. The number of anilines is 1. The lowest BCUT2D eigenvalue weighted by Gasteiger charge is -2.28. The van der Waals surface area contributed by atoms with Gasteiger partial charge in [0.15, 0.2) is 0 Å². The smallest absolute Gasteiger partial charge is 0.335 e. The molecule has 0 saturated carbocycles. The van der Waals surface area contributed by atoms with Gasteiger partial charge in [-0.2, -0.15) is 0 Å². The van der Waals surface area contributed by atoms with Crippen molar-refractivity contribution < 1.29 is 9.90 Å². The third-order valence-corrected chi connectivity index (χ3v) is 4.72. The van der Waals surface area contributed by atoms with E-state index in [2.05, 4.69) is 16.7 Å². The lowest BCUT2D eigenvalue weighted by molar-refractivity contribution is 0.0697. The van der Waals surface area contributed by atoms with Crippen LogP contribution >= 0.6 is 0 Å². The Labute approximate surface area is 120 Å². The van der Waals surface area contributed by atoms with Gasteiger partial charge in [-0.05, 0) is 57.0 Å². The molecule has 2 atom stereocenters. The molecule has 1 N–H and O–H groups in total. The molecule has 2 aliphatic rings. The van der Waals surface area contributed by atoms with E-state index in [0.717, 1.165) is 18.8 Å². The Morgan fingerprint density at radius 2 is 1.95 bits per heavy atom. The van der Waals surface area contributed by atoms with Gasteiger partial charge in [0, 0.05) is 30.9 Å². The highest BCUT2D eigenvalue weighted by molar-refractivity contribution is 5.88. The second-order valence-electron chi connectivity index (χ2n) is 5.97. The Kier molecular flexibility index (Phi) is 3.66. The molecule has 0 spiro atoms. The third kappa shape index (κ3) is 2.52. The van der Waals surface area contributed by atoms with Gasteiger partial charge in [-0.15, -0.1) is 0 Å². The second kappa shape index (κ2) is 5.44. The van der Waals surface area contributed by atoms with Crippen LogP contribution in [0.3, 0.4) is 0 Å². The minimum absolute atomic E-state index is 0.359. The molecule has 0 amide bonds. The van der Waals surface area contributed by atoms with Crippen LogP contribution in [0.4, 0.5) is 5.69 Å². The molecule has 1 aromatic rings. The minimum atomic E-state index is -0.860. The SMILES string of the molecule is CC1CCCN1C1CCN(c2ccc(C(=O)O)cc2)C1. The van der Waals surface area contributed by atoms with E-state index in [4.69, 9.17) is 5.11 Å². The Balaban J connectivity index is 1.66. The van der Waals surface area contributed by atoms with Gasteiger partial charge in [-0.1, -0.05) is 0 Å². The zero-order chi connectivity index (χ0) is 14.1. The Morgan fingerprint density at radius 3 is 2.55 bits per heavy atom. The highest BCUT2D eigenvalue weighted by Crippen LogP contribution is 2.28. The lowest BCUT2D eigenvalue weighted by Crippen LogP contribution is -2.39. The first-order valence-electron chi connectivity index (χ1n) is 7.49. The number of hydrogen-bond donors (Lipinski definition) is 1. The second-order valence-corrected chi connectivity index (χ2v) is 5.97. The van der Waals surface area contributed by atoms with E-state index in [1.54, 1.807) is 12.1 Å². The van der Waals surface area contributed by atoms with Gasteiger partial charge in [-0.25, -0.2) is 4.79 Å². The summed E-state index contributed by atoms with van der Waals surface area (Å²) in [5.74, 6) is -0.860. The van der Waals surface area contributed by atoms with Gasteiger partial charge in [0.25, 0.3) is 0 Å². The summed E-state index contributed by atoms with van der Waals surface area (Å²) in [5.41, 5.74) is 1.50. The van der Waals surface area contributed by atoms with E-state index in [1.165, 1.54) is 25.8 Å². The van der Waals surface area contributed by atoms with Crippen LogP contribution in [-0.2, 0) is 0 Å². The third-order valence-electron chi connectivity index (χ3n) is 4.72. The van der Waals surface area contributed by atoms with E-state index in [9.17, 15) is 4.79 Å². The van der Waals surface area contributed by atoms with E-state index >= 15 is 0 Å². The van der Waals surface area contributed by atoms with Crippen LogP contribution < -0.4 is 4.90 Å². The summed E-state index contributed by atoms with van der Waals surface area (Å²) in [6.45, 7) is 5.70. The number of carboxylic acid groups (broad SMARTS) is 1. The molecule has 20 heavy (non-hydrogen) atoms. The van der Waals surface area contributed by atoms with Gasteiger partial charge in [0.05, 0.1) is 5.56 Å². The predicted molar refractivity (Wildman–Crippen MR) is 79.4 cm³/mol. The maximum Gasteiger partial charge on any atom is 0.335 e. The van der Waals surface area contributed by atoms with Gasteiger partial charge >= 0.3 is 5.97 Å². The van der Waals surface area contributed by atoms with Gasteiger partial charge in [0.2, 0.25) is 0 Å². The first-order valence-corrected chi connectivity index (χ1v) is 7.49. The molecular formula is C16H22N2O2. The normalized spacial score (nSPS) is 27.1. The average Bonchev–Trinajstić information content (AvgIpc) is 3.07. The van der Waals surface area contributed by atoms with E-state index < -0.39 is 5.97 Å². The molecule has 0 aromatic heterocycles. The quantitative estimate of drug-likeness (QED) is 0.919. The summed E-state index contributed by atoms with van der Waals surface area (Å²) < 4.78 is 0. The molecule has 2 fully saturated rings. The maximum absolute atomic E-state index is 10.9. The first-order chi connectivity index (χ1) is 9.65. The number of carbonyl (C=O) groups is 1. The molecule has 1 aromatic carbocycles. The fourth-order valence-electron chi connectivity index (χ4n) is 3.56. The van der Waals surface area contributed by atoms with Crippen molar-refractivity contribution in [3.05, 3.63) is 29.8 Å². The number of nitrogens with zero attached hydrogens (tertiary/aromatic N) is 2. The monoisotopic (exact) mass is 274 g/mol. The molecule has 0 aliphatic carbocycles. The molecule has 108 valence electrons. The van der Waals surface area contributed by atoms with Crippen molar-refractivity contribution >= 4 is 11.7 Å². The van der Waals surface area contributed by atoms with Crippen LogP contribution in [0, 0.1) is 0 Å². The van der Waals surface area contributed by atoms with Crippen LogP contribution in [0.2, 0.25) is 0 Å². The molecule has 3 rings (SSSR count). The van der Waals surface area contributed by atoms with Crippen molar-refractivity contribution in [3.8, 4) is 0 Å². The van der Waals surface area contributed by atoms with Crippen molar-refractivity contribution in [3.63, 3.8) is 0 Å². The van der Waals surface area contributed by atoms with Gasteiger partial charge in [0.1, 0.15) is 0 Å². The number of rotatable bonds is 3. The van der Waals surface area contributed by atoms with E-state index in [1.807, 2.05) is 12.1 Å². The van der Waals surface area contributed by atoms with Crippen molar-refractivity contribution in [1.29, 1.82) is 0 Å². The van der Waals surface area contributed by atoms with Crippen LogP contribution in [-0.4, -0.2) is 47.7 Å². The highest BCUT2D eigenvalue weighted by atomic mass is 16.4. The number of carboxylic acids is 1. The average molecular weight is 274 g/mol. The minimum Gasteiger partial charge on any atom is -0.478 e. The van der Waals surface area contributed by atoms with Crippen molar-refractivity contribution in [2.45, 2.75) is 38.3 Å². The molecule has 2 saturated heterocycles. The largest absolute Gasteiger partial charge is 0.478 e. The Morgan fingerprint density at radius 1 is 1.20 bits per heavy atom. The van der Waals surface area contributed by atoms with Gasteiger partial charge < -0.3 is 10.0 Å². The summed E-state index contributed by atoms with van der Waals surface area (Å²) in [6, 6.07) is 8.63. The molecular weight excluding hydrogens is 252 g/mol. The number of likely N-dealkylation sites (tertiary alicyclic amines) is 1. The van der Waals surface area contributed by atoms with Crippen LogP contribution in [0.1, 0.15) is 36.5 Å². The molecule has 2 aliphatic heterocycles. The number of aromatic carboxylic acids is 1. The Hall–Kier alpha value is -1.55. The molecule has 2 heterocycles. The molecule has 0 radical (unpaired) electrons. The van der Waals surface area contributed by atoms with E-state index in [0.29, 0.717) is 17.6 Å². The molecule has 0 bridgehead atoms. The van der Waals surface area contributed by atoms with Crippen molar-refractivity contribution in [2.24, 2.45) is 0 Å². The zero-order valence-electron chi connectivity index (χ0n) is 12.0. The topological polar surface area (TPSA) is 43.8 Å². The van der Waals surface area contributed by atoms with Crippen molar-refractivity contribution in [1.82, 2.24) is 4.90 Å². The Bertz CT molecular complexity index is 486. The van der Waals surface area contributed by atoms with Crippen LogP contribution in [0.5, 0.6) is 0 Å². The number of hydrogen-bond acceptors (Lipinski definition) is 3. The fourth-order valence-corrected chi connectivity index (χ4v) is 3.56. The van der Waals surface area contributed by atoms with Crippen LogP contribution in [0.15, 0.2) is 24.3 Å². The summed E-state index contributed by atoms with van der Waals surface area (Å²) in [5, 5.41) is 8.94. The predicted octanol–water partition coefficient (Wildman–Crippen LogP) is 2.45. The van der Waals surface area contributed by atoms with E-state index in [-0.39, 0.29) is 0 Å². The van der Waals surface area contributed by atoms with Crippen molar-refractivity contribution in [2.75, 3.05) is 24.5 Å². The summed E-state index contributed by atoms with van der Waals surface area (Å²) in [6.07, 6.45) is 3.86. The van der Waals surface area contributed by atoms with Gasteiger partial charge in [-0.3, -0.25) is 4.90 Å². The zero-order valence-corrected chi connectivity index (χ0v) is 12.0. The first kappa shape index (κ1) is 13.4. The number of benzene rings is 1. The fraction of sp³-hybridized carbons (Fsp3) is 0.562. The molecule has 2 unspecified atom stereocenters. The summed E-state index contributed by atoms with van der Waals surface area (Å²) in [4.78, 5) is 15.9. The molecule has 4 nitrogen and oxygen atoms in total. The summed E-state index contributed by atoms with van der Waals surface area (Å²) >= 11 is 0. The maximum atomic E-state index is 10.9.